The third kappa shape index (κ3) is 3.26. The zero-order valence-corrected chi connectivity index (χ0v) is 7.75. The second-order valence-electron chi connectivity index (χ2n) is 3.36. The first kappa shape index (κ1) is 9.59. The number of rotatable bonds is 4. The first-order chi connectivity index (χ1) is 5.83. The van der Waals surface area contributed by atoms with Gasteiger partial charge in [-0.3, -0.25) is 0 Å². The monoisotopic (exact) mass is 170 g/mol. The molecular weight excluding hydrogens is 152 g/mol. The lowest BCUT2D eigenvalue weighted by molar-refractivity contribution is 0.102. The van der Waals surface area contributed by atoms with Crippen molar-refractivity contribution >= 4 is 0 Å². The van der Waals surface area contributed by atoms with Crippen molar-refractivity contribution in [2.45, 2.75) is 45.1 Å². The third-order valence-electron chi connectivity index (χ3n) is 2.13. The van der Waals surface area contributed by atoms with Crippen molar-refractivity contribution < 1.29 is 9.84 Å². The quantitative estimate of drug-likeness (QED) is 0.656. The largest absolute Gasteiger partial charge is 0.495 e. The predicted molar refractivity (Wildman–Crippen MR) is 48.8 cm³/mol. The third-order valence-corrected chi connectivity index (χ3v) is 2.13. The molecule has 70 valence electrons. The minimum atomic E-state index is 0.294. The molecule has 12 heavy (non-hydrogen) atoms. The normalized spacial score (nSPS) is 23.2. The van der Waals surface area contributed by atoms with Gasteiger partial charge >= 0.3 is 0 Å². The first-order valence-corrected chi connectivity index (χ1v) is 4.79. The smallest absolute Gasteiger partial charge is 0.0957 e. The Morgan fingerprint density at radius 3 is 3.08 bits per heavy atom. The number of hydrogen-bond donors (Lipinski definition) is 1. The summed E-state index contributed by atoms with van der Waals surface area (Å²) in [5.74, 6) is 1.13. The van der Waals surface area contributed by atoms with Gasteiger partial charge < -0.3 is 9.84 Å². The van der Waals surface area contributed by atoms with Gasteiger partial charge in [0.1, 0.15) is 0 Å². The van der Waals surface area contributed by atoms with E-state index in [0.717, 1.165) is 37.9 Å². The lowest BCUT2D eigenvalue weighted by Crippen LogP contribution is -2.11. The molecule has 0 saturated heterocycles. The molecule has 0 spiro atoms. The number of aliphatic hydroxyl groups excluding tert-OH is 1. The molecule has 1 rings (SSSR count). The second-order valence-corrected chi connectivity index (χ2v) is 3.36. The van der Waals surface area contributed by atoms with Crippen LogP contribution in [-0.4, -0.2) is 17.8 Å². The van der Waals surface area contributed by atoms with Crippen LogP contribution in [0.4, 0.5) is 0 Å². The molecule has 0 bridgehead atoms. The van der Waals surface area contributed by atoms with Gasteiger partial charge in [0.15, 0.2) is 0 Å². The summed E-state index contributed by atoms with van der Waals surface area (Å²) in [5.41, 5.74) is 0. The van der Waals surface area contributed by atoms with E-state index in [0.29, 0.717) is 12.7 Å². The molecule has 1 N–H and O–H groups in total. The maximum Gasteiger partial charge on any atom is 0.0957 e. The van der Waals surface area contributed by atoms with E-state index in [-0.39, 0.29) is 0 Å². The van der Waals surface area contributed by atoms with E-state index in [1.54, 1.807) is 0 Å². The highest BCUT2D eigenvalue weighted by Crippen LogP contribution is 2.20. The summed E-state index contributed by atoms with van der Waals surface area (Å²) in [5, 5.41) is 8.59. The summed E-state index contributed by atoms with van der Waals surface area (Å²) in [4.78, 5) is 0. The number of unbranched alkanes of at least 4 members (excludes halogenated alkanes) is 1. The maximum atomic E-state index is 8.59. The van der Waals surface area contributed by atoms with E-state index in [1.165, 1.54) is 0 Å². The van der Waals surface area contributed by atoms with Crippen molar-refractivity contribution in [3.8, 4) is 0 Å². The number of allylic oxidation sites excluding steroid dienone is 2. The average Bonchev–Trinajstić information content (AvgIpc) is 2.05. The molecule has 0 saturated carbocycles. The van der Waals surface area contributed by atoms with Crippen LogP contribution in [-0.2, 0) is 4.74 Å². The van der Waals surface area contributed by atoms with Crippen molar-refractivity contribution in [1.82, 2.24) is 0 Å². The SMILES string of the molecule is CC1CCC=C(CCCCO)O1. The molecular formula is C10H18O2. The summed E-state index contributed by atoms with van der Waals surface area (Å²) >= 11 is 0. The lowest BCUT2D eigenvalue weighted by Gasteiger charge is -2.21. The summed E-state index contributed by atoms with van der Waals surface area (Å²) in [6, 6.07) is 0. The summed E-state index contributed by atoms with van der Waals surface area (Å²) in [6.07, 6.45) is 7.77. The van der Waals surface area contributed by atoms with Crippen molar-refractivity contribution in [2.75, 3.05) is 6.61 Å². The molecule has 0 aromatic heterocycles. The highest BCUT2D eigenvalue weighted by Gasteiger charge is 2.10. The Hall–Kier alpha value is -0.500. The van der Waals surface area contributed by atoms with Crippen LogP contribution in [0.5, 0.6) is 0 Å². The molecule has 1 aliphatic heterocycles. The zero-order valence-electron chi connectivity index (χ0n) is 7.75. The Morgan fingerprint density at radius 1 is 1.58 bits per heavy atom. The van der Waals surface area contributed by atoms with Gasteiger partial charge in [0.25, 0.3) is 0 Å². The van der Waals surface area contributed by atoms with Gasteiger partial charge in [-0.15, -0.1) is 0 Å². The molecule has 0 aliphatic carbocycles. The predicted octanol–water partition coefficient (Wildman–Crippen LogP) is 2.23. The molecule has 2 nitrogen and oxygen atoms in total. The molecule has 1 heterocycles. The number of ether oxygens (including phenoxy) is 1. The van der Waals surface area contributed by atoms with Gasteiger partial charge in [0.05, 0.1) is 11.9 Å². The van der Waals surface area contributed by atoms with Gasteiger partial charge in [0.2, 0.25) is 0 Å². The Kier molecular flexibility index (Phi) is 4.15. The van der Waals surface area contributed by atoms with Crippen LogP contribution in [0, 0.1) is 0 Å². The topological polar surface area (TPSA) is 29.5 Å². The minimum Gasteiger partial charge on any atom is -0.495 e. The van der Waals surface area contributed by atoms with Crippen LogP contribution in [0.25, 0.3) is 0 Å². The molecule has 0 aromatic carbocycles. The summed E-state index contributed by atoms with van der Waals surface area (Å²) in [7, 11) is 0. The Labute approximate surface area is 74.2 Å². The second kappa shape index (κ2) is 5.20. The van der Waals surface area contributed by atoms with Gasteiger partial charge in [-0.05, 0) is 38.7 Å². The fraction of sp³-hybridized carbons (Fsp3) is 0.800. The van der Waals surface area contributed by atoms with Gasteiger partial charge in [-0.1, -0.05) is 0 Å². The fourth-order valence-corrected chi connectivity index (χ4v) is 1.42. The van der Waals surface area contributed by atoms with Crippen molar-refractivity contribution in [1.29, 1.82) is 0 Å². The lowest BCUT2D eigenvalue weighted by atomic mass is 10.1. The van der Waals surface area contributed by atoms with Gasteiger partial charge in [-0.2, -0.15) is 0 Å². The van der Waals surface area contributed by atoms with E-state index < -0.39 is 0 Å². The standard InChI is InChI=1S/C10H18O2/c1-9-5-4-7-10(12-9)6-2-3-8-11/h7,9,11H,2-6,8H2,1H3. The molecule has 0 fully saturated rings. The molecule has 2 heteroatoms. The highest BCUT2D eigenvalue weighted by molar-refractivity contribution is 4.97. The summed E-state index contributed by atoms with van der Waals surface area (Å²) < 4.78 is 5.61. The van der Waals surface area contributed by atoms with Crippen LogP contribution >= 0.6 is 0 Å². The van der Waals surface area contributed by atoms with Crippen molar-refractivity contribution in [3.05, 3.63) is 11.8 Å². The minimum absolute atomic E-state index is 0.294. The Balaban J connectivity index is 2.18. The highest BCUT2D eigenvalue weighted by atomic mass is 16.5. The molecule has 0 aromatic rings. The number of hydrogen-bond acceptors (Lipinski definition) is 2. The zero-order chi connectivity index (χ0) is 8.81. The van der Waals surface area contributed by atoms with Crippen LogP contribution in [0.15, 0.2) is 11.8 Å². The van der Waals surface area contributed by atoms with Gasteiger partial charge in [0, 0.05) is 13.0 Å². The molecule has 1 atom stereocenters. The Bertz CT molecular complexity index is 152. The molecule has 0 amide bonds. The van der Waals surface area contributed by atoms with E-state index in [9.17, 15) is 0 Å². The van der Waals surface area contributed by atoms with Crippen LogP contribution < -0.4 is 0 Å². The first-order valence-electron chi connectivity index (χ1n) is 4.79. The molecule has 1 aliphatic rings. The van der Waals surface area contributed by atoms with Crippen LogP contribution in [0.3, 0.4) is 0 Å². The Morgan fingerprint density at radius 2 is 2.42 bits per heavy atom. The fourth-order valence-electron chi connectivity index (χ4n) is 1.42. The van der Waals surface area contributed by atoms with E-state index in [4.69, 9.17) is 9.84 Å². The van der Waals surface area contributed by atoms with Gasteiger partial charge in [-0.25, -0.2) is 0 Å². The van der Waals surface area contributed by atoms with E-state index in [1.807, 2.05) is 0 Å². The molecule has 1 unspecified atom stereocenters. The van der Waals surface area contributed by atoms with E-state index >= 15 is 0 Å². The average molecular weight is 170 g/mol. The van der Waals surface area contributed by atoms with Crippen molar-refractivity contribution in [2.24, 2.45) is 0 Å². The molecule has 0 radical (unpaired) electrons. The summed E-state index contributed by atoms with van der Waals surface area (Å²) in [6.45, 7) is 2.40. The van der Waals surface area contributed by atoms with Crippen LogP contribution in [0.1, 0.15) is 39.0 Å². The van der Waals surface area contributed by atoms with Crippen molar-refractivity contribution in [3.63, 3.8) is 0 Å². The number of aliphatic hydroxyl groups is 1. The van der Waals surface area contributed by atoms with E-state index in [2.05, 4.69) is 13.0 Å². The van der Waals surface area contributed by atoms with Crippen LogP contribution in [0.2, 0.25) is 0 Å². The maximum absolute atomic E-state index is 8.59.